The van der Waals surface area contributed by atoms with Gasteiger partial charge >= 0.3 is 6.98 Å². The Kier molecular flexibility index (Phi) is 5.33. The van der Waals surface area contributed by atoms with E-state index < -0.39 is 0 Å². The van der Waals surface area contributed by atoms with Crippen molar-refractivity contribution >= 4 is 18.1 Å². The van der Waals surface area contributed by atoms with Gasteiger partial charge in [0.15, 0.2) is 0 Å². The quantitative estimate of drug-likeness (QED) is 0.320. The topological polar surface area (TPSA) is 12.1 Å². The van der Waals surface area contributed by atoms with Crippen LogP contribution in [0.5, 0.6) is 0 Å². The molecule has 0 unspecified atom stereocenters. The van der Waals surface area contributed by atoms with Gasteiger partial charge in [0.1, 0.15) is 18.9 Å². The molecule has 0 N–H and O–H groups in total. The van der Waals surface area contributed by atoms with Gasteiger partial charge in [-0.3, -0.25) is 4.48 Å². The van der Waals surface area contributed by atoms with Crippen LogP contribution in [0.1, 0.15) is 107 Å². The van der Waals surface area contributed by atoms with Gasteiger partial charge in [0, 0.05) is 22.8 Å². The highest BCUT2D eigenvalue weighted by Crippen LogP contribution is 2.43. The lowest BCUT2D eigenvalue weighted by molar-refractivity contribution is -0.523. The Morgan fingerprint density at radius 2 is 1.46 bits per heavy atom. The minimum absolute atomic E-state index is 0.238. The number of nitrogens with zero attached hydrogens (tertiary/aromatic N) is 3. The maximum atomic E-state index is 2.76. The second-order valence-corrected chi connectivity index (χ2v) is 11.9. The predicted octanol–water partition coefficient (Wildman–Crippen LogP) is 6.37. The Balaban J connectivity index is 1.48. The van der Waals surface area contributed by atoms with E-state index >= 15 is 0 Å². The van der Waals surface area contributed by atoms with Crippen LogP contribution in [0, 0.1) is 0 Å². The molecular formula is C31H39BN3+. The van der Waals surface area contributed by atoms with Crippen LogP contribution in [-0.4, -0.2) is 17.6 Å². The first-order valence-electron chi connectivity index (χ1n) is 14.4. The maximum absolute atomic E-state index is 2.76. The van der Waals surface area contributed by atoms with E-state index in [4.69, 9.17) is 0 Å². The van der Waals surface area contributed by atoms with Crippen LogP contribution in [0.15, 0.2) is 48.8 Å². The van der Waals surface area contributed by atoms with Crippen molar-refractivity contribution in [2.45, 2.75) is 102 Å². The molecule has 3 nitrogen and oxygen atoms in total. The van der Waals surface area contributed by atoms with E-state index in [-0.39, 0.29) is 6.98 Å². The molecule has 2 aromatic carbocycles. The molecule has 2 saturated carbocycles. The van der Waals surface area contributed by atoms with Gasteiger partial charge in [-0.05, 0) is 68.6 Å². The van der Waals surface area contributed by atoms with Crippen molar-refractivity contribution in [3.63, 3.8) is 0 Å². The summed E-state index contributed by atoms with van der Waals surface area (Å²) >= 11 is 0. The second kappa shape index (κ2) is 8.57. The van der Waals surface area contributed by atoms with Crippen molar-refractivity contribution in [3.8, 4) is 11.4 Å². The molecule has 35 heavy (non-hydrogen) atoms. The lowest BCUT2D eigenvalue weighted by Gasteiger charge is -2.39. The fourth-order valence-electron chi connectivity index (χ4n) is 7.96. The maximum Gasteiger partial charge on any atom is 0.538 e. The van der Waals surface area contributed by atoms with Crippen molar-refractivity contribution in [1.82, 2.24) is 4.57 Å². The van der Waals surface area contributed by atoms with E-state index in [0.717, 1.165) is 6.54 Å². The number of rotatable bonds is 4. The summed E-state index contributed by atoms with van der Waals surface area (Å²) in [7, 11) is 0. The third kappa shape index (κ3) is 3.35. The third-order valence-corrected chi connectivity index (χ3v) is 9.50. The highest BCUT2D eigenvalue weighted by molar-refractivity contribution is 6.71. The molecule has 3 aromatic rings. The molecule has 0 saturated heterocycles. The molecule has 180 valence electrons. The lowest BCUT2D eigenvalue weighted by atomic mass is 9.56. The summed E-state index contributed by atoms with van der Waals surface area (Å²) in [6.07, 6.45) is 18.5. The summed E-state index contributed by atoms with van der Waals surface area (Å²) in [5, 5.41) is 0. The standard InChI is InChI=1S/C31H39BN3/c1-22(2)35-28-18-9-15-25-21-33-19-20-34(31(33)29(25)28)32(35)30-26(23-11-5-3-6-12-23)16-10-17-27(30)24-13-7-4-8-14-24/h9-10,15-20,22-24H,3-8,11-14,21H2,1-2H3/q+1. The fraction of sp³-hybridized carbons (Fsp3) is 0.516. The summed E-state index contributed by atoms with van der Waals surface area (Å²) in [5.74, 6) is 2.84. The first-order valence-corrected chi connectivity index (χ1v) is 14.4. The van der Waals surface area contributed by atoms with E-state index in [9.17, 15) is 0 Å². The summed E-state index contributed by atoms with van der Waals surface area (Å²) in [6, 6.07) is 14.9. The Labute approximate surface area is 211 Å². The van der Waals surface area contributed by atoms with E-state index in [0.29, 0.717) is 17.9 Å². The van der Waals surface area contributed by atoms with Gasteiger partial charge in [0.2, 0.25) is 0 Å². The van der Waals surface area contributed by atoms with Gasteiger partial charge in [-0.1, -0.05) is 68.9 Å². The molecular weight excluding hydrogens is 425 g/mol. The first-order chi connectivity index (χ1) is 17.2. The van der Waals surface area contributed by atoms with Gasteiger partial charge in [0.25, 0.3) is 5.82 Å². The fourth-order valence-corrected chi connectivity index (χ4v) is 7.96. The van der Waals surface area contributed by atoms with Crippen molar-refractivity contribution in [2.75, 3.05) is 4.81 Å². The number of hydrogen-bond donors (Lipinski definition) is 0. The second-order valence-electron chi connectivity index (χ2n) is 11.9. The monoisotopic (exact) mass is 464 g/mol. The minimum Gasteiger partial charge on any atom is -0.367 e. The lowest BCUT2D eigenvalue weighted by Crippen LogP contribution is -2.73. The van der Waals surface area contributed by atoms with Crippen molar-refractivity contribution < 1.29 is 4.48 Å². The normalized spacial score (nSPS) is 20.1. The van der Waals surface area contributed by atoms with Gasteiger partial charge in [-0.25, -0.2) is 4.57 Å². The zero-order valence-electron chi connectivity index (χ0n) is 21.5. The van der Waals surface area contributed by atoms with Crippen LogP contribution >= 0.6 is 0 Å². The van der Waals surface area contributed by atoms with Crippen molar-refractivity contribution in [2.24, 2.45) is 0 Å². The molecule has 7 rings (SSSR count). The Bertz CT molecular complexity index is 1210. The average Bonchev–Trinajstić information content (AvgIpc) is 3.48. The van der Waals surface area contributed by atoms with E-state index in [1.165, 1.54) is 86.8 Å². The third-order valence-electron chi connectivity index (χ3n) is 9.50. The molecule has 0 spiro atoms. The zero-order valence-corrected chi connectivity index (χ0v) is 21.5. The molecule has 0 atom stereocenters. The van der Waals surface area contributed by atoms with Gasteiger partial charge in [0.05, 0.1) is 5.56 Å². The summed E-state index contributed by atoms with van der Waals surface area (Å²) in [4.78, 5) is 2.76. The van der Waals surface area contributed by atoms with Gasteiger partial charge in [-0.2, -0.15) is 0 Å². The van der Waals surface area contributed by atoms with Crippen LogP contribution in [0.2, 0.25) is 0 Å². The van der Waals surface area contributed by atoms with Crippen LogP contribution in [-0.2, 0) is 6.54 Å². The van der Waals surface area contributed by atoms with Gasteiger partial charge < -0.3 is 4.81 Å². The summed E-state index contributed by atoms with van der Waals surface area (Å²) < 4.78 is 5.13. The highest BCUT2D eigenvalue weighted by atomic mass is 15.3. The highest BCUT2D eigenvalue weighted by Gasteiger charge is 2.50. The molecule has 0 bridgehead atoms. The van der Waals surface area contributed by atoms with Crippen molar-refractivity contribution in [3.05, 3.63) is 65.5 Å². The molecule has 2 aliphatic carbocycles. The molecule has 3 heterocycles. The summed E-state index contributed by atoms with van der Waals surface area (Å²) in [5.41, 5.74) is 9.36. The summed E-state index contributed by atoms with van der Waals surface area (Å²) in [6.45, 7) is 6.03. The van der Waals surface area contributed by atoms with E-state index in [1.54, 1.807) is 16.6 Å². The number of aromatic nitrogens is 2. The number of anilines is 1. The predicted molar refractivity (Wildman–Crippen MR) is 146 cm³/mol. The SMILES string of the molecule is CC(C)N1B(c2c(C3CCCCC3)cccc2C2CCCCC2)[n+]2ccn3c2-c2c(cccc21)C3. The van der Waals surface area contributed by atoms with E-state index in [1.807, 2.05) is 0 Å². The van der Waals surface area contributed by atoms with Crippen LogP contribution < -0.4 is 14.8 Å². The molecule has 4 aliphatic rings. The Morgan fingerprint density at radius 3 is 2.09 bits per heavy atom. The number of imidazole rings is 1. The molecule has 0 radical (unpaired) electrons. The molecule has 4 heteroatoms. The number of benzene rings is 2. The average molecular weight is 464 g/mol. The van der Waals surface area contributed by atoms with Crippen LogP contribution in [0.3, 0.4) is 0 Å². The molecule has 0 amide bonds. The zero-order chi connectivity index (χ0) is 23.5. The Morgan fingerprint density at radius 1 is 0.829 bits per heavy atom. The largest absolute Gasteiger partial charge is 0.538 e. The molecule has 2 aliphatic heterocycles. The molecule has 1 aromatic heterocycles. The van der Waals surface area contributed by atoms with Crippen LogP contribution in [0.25, 0.3) is 11.4 Å². The first kappa shape index (κ1) is 21.8. The van der Waals surface area contributed by atoms with Crippen molar-refractivity contribution in [1.29, 1.82) is 0 Å². The van der Waals surface area contributed by atoms with Gasteiger partial charge in [-0.15, -0.1) is 0 Å². The van der Waals surface area contributed by atoms with Crippen LogP contribution in [0.4, 0.5) is 5.69 Å². The van der Waals surface area contributed by atoms with E-state index in [2.05, 4.69) is 76.5 Å². The smallest absolute Gasteiger partial charge is 0.367 e. The number of hydrogen-bond acceptors (Lipinski definition) is 1. The Hall–Kier alpha value is -2.49. The molecule has 2 fully saturated rings. The minimum atomic E-state index is 0.238.